The third-order valence-corrected chi connectivity index (χ3v) is 4.78. The second kappa shape index (κ2) is 5.25. The second-order valence-corrected chi connectivity index (χ2v) is 6.04. The van der Waals surface area contributed by atoms with Crippen LogP contribution in [0.3, 0.4) is 0 Å². The topological polar surface area (TPSA) is 0 Å². The molecule has 3 atom stereocenters. The quantitative estimate of drug-likeness (QED) is 0.457. The van der Waals surface area contributed by atoms with Crippen LogP contribution in [0.1, 0.15) is 51.4 Å². The smallest absolute Gasteiger partial charge is 0.0199 e. The predicted octanol–water partition coefficient (Wildman–Crippen LogP) is 5.04. The molecule has 0 aromatic rings. The minimum absolute atomic E-state index is 0.953. The molecule has 3 rings (SSSR count). The number of hydrogen-bond donors (Lipinski definition) is 0. The first-order valence-corrected chi connectivity index (χ1v) is 7.46. The van der Waals surface area contributed by atoms with Crippen molar-refractivity contribution in [3.8, 4) is 0 Å². The molecular weight excluding hydrogens is 204 g/mol. The molecule has 0 aromatic carbocycles. The minimum atomic E-state index is 0.953. The van der Waals surface area contributed by atoms with Crippen molar-refractivity contribution < 1.29 is 0 Å². The molecule has 0 radical (unpaired) electrons. The monoisotopic (exact) mass is 228 g/mol. The number of allylic oxidation sites excluding steroid dienone is 6. The van der Waals surface area contributed by atoms with E-state index in [9.17, 15) is 0 Å². The van der Waals surface area contributed by atoms with Gasteiger partial charge in [0.15, 0.2) is 0 Å². The summed E-state index contributed by atoms with van der Waals surface area (Å²) in [4.78, 5) is 0. The van der Waals surface area contributed by atoms with Crippen molar-refractivity contribution in [2.45, 2.75) is 51.4 Å². The Bertz CT molecular complexity index is 345. The lowest BCUT2D eigenvalue weighted by Gasteiger charge is -2.17. The zero-order chi connectivity index (χ0) is 11.5. The molecule has 0 saturated heterocycles. The highest BCUT2D eigenvalue weighted by atomic mass is 14.4. The Morgan fingerprint density at radius 3 is 2.76 bits per heavy atom. The largest absolute Gasteiger partial charge is 0.0851 e. The summed E-state index contributed by atoms with van der Waals surface area (Å²) in [5.74, 6) is 2.93. The average Bonchev–Trinajstić information content (AvgIpc) is 2.98. The van der Waals surface area contributed by atoms with Crippen LogP contribution >= 0.6 is 0 Å². The third-order valence-electron chi connectivity index (χ3n) is 4.78. The van der Waals surface area contributed by atoms with Gasteiger partial charge >= 0.3 is 0 Å². The highest BCUT2D eigenvalue weighted by Gasteiger charge is 2.34. The highest BCUT2D eigenvalue weighted by molar-refractivity contribution is 5.21. The normalized spacial score (nSPS) is 34.4. The summed E-state index contributed by atoms with van der Waals surface area (Å²) in [7, 11) is 0. The van der Waals surface area contributed by atoms with E-state index in [-0.39, 0.29) is 0 Å². The molecule has 2 bridgehead atoms. The fraction of sp³-hybridized carbons (Fsp3) is 0.647. The van der Waals surface area contributed by atoms with Gasteiger partial charge in [0.2, 0.25) is 0 Å². The average molecular weight is 228 g/mol. The summed E-state index contributed by atoms with van der Waals surface area (Å²) in [6.07, 6.45) is 23.1. The van der Waals surface area contributed by atoms with E-state index in [0.29, 0.717) is 0 Å². The van der Waals surface area contributed by atoms with Crippen LogP contribution < -0.4 is 0 Å². The van der Waals surface area contributed by atoms with Crippen LogP contribution in [-0.4, -0.2) is 0 Å². The summed E-state index contributed by atoms with van der Waals surface area (Å²) in [5, 5.41) is 0. The van der Waals surface area contributed by atoms with Crippen molar-refractivity contribution in [3.05, 3.63) is 36.0 Å². The summed E-state index contributed by atoms with van der Waals surface area (Å²) >= 11 is 0. The van der Waals surface area contributed by atoms with Gasteiger partial charge in [0.1, 0.15) is 0 Å². The number of fused-ring (bicyclic) bond motifs is 2. The SMILES string of the molecule is C1=CC(CCCCC2CC3C=CC2C3)=CCC1. The van der Waals surface area contributed by atoms with E-state index in [2.05, 4.69) is 30.4 Å². The summed E-state index contributed by atoms with van der Waals surface area (Å²) in [5.41, 5.74) is 1.59. The van der Waals surface area contributed by atoms with E-state index >= 15 is 0 Å². The third kappa shape index (κ3) is 2.73. The van der Waals surface area contributed by atoms with Crippen molar-refractivity contribution in [3.63, 3.8) is 0 Å². The zero-order valence-electron chi connectivity index (χ0n) is 10.8. The Labute approximate surface area is 105 Å². The Morgan fingerprint density at radius 1 is 1.06 bits per heavy atom. The summed E-state index contributed by atoms with van der Waals surface area (Å²) in [6, 6.07) is 0. The van der Waals surface area contributed by atoms with Crippen LogP contribution in [0.25, 0.3) is 0 Å². The van der Waals surface area contributed by atoms with Gasteiger partial charge in [-0.2, -0.15) is 0 Å². The van der Waals surface area contributed by atoms with Crippen molar-refractivity contribution in [2.75, 3.05) is 0 Å². The van der Waals surface area contributed by atoms with Gasteiger partial charge in [0, 0.05) is 0 Å². The molecule has 0 N–H and O–H groups in total. The standard InChI is InChI=1S/C17H24/c1-2-6-14(7-3-1)8-4-5-9-16-12-15-10-11-17(16)13-15/h2,6-7,10-11,15-17H,1,3-5,8-9,12-13H2. The van der Waals surface area contributed by atoms with Crippen molar-refractivity contribution in [1.82, 2.24) is 0 Å². The maximum absolute atomic E-state index is 2.49. The van der Waals surface area contributed by atoms with Gasteiger partial charge < -0.3 is 0 Å². The van der Waals surface area contributed by atoms with Crippen LogP contribution in [0.2, 0.25) is 0 Å². The molecule has 1 fully saturated rings. The second-order valence-electron chi connectivity index (χ2n) is 6.04. The van der Waals surface area contributed by atoms with E-state index < -0.39 is 0 Å². The van der Waals surface area contributed by atoms with Gasteiger partial charge in [-0.1, -0.05) is 42.4 Å². The van der Waals surface area contributed by atoms with Gasteiger partial charge in [-0.25, -0.2) is 0 Å². The van der Waals surface area contributed by atoms with Crippen LogP contribution in [0.4, 0.5) is 0 Å². The van der Waals surface area contributed by atoms with E-state index in [1.807, 2.05) is 0 Å². The Hall–Kier alpha value is -0.780. The maximum Gasteiger partial charge on any atom is -0.0199 e. The van der Waals surface area contributed by atoms with Gasteiger partial charge in [0.05, 0.1) is 0 Å². The van der Waals surface area contributed by atoms with Crippen LogP contribution in [0.5, 0.6) is 0 Å². The van der Waals surface area contributed by atoms with Crippen molar-refractivity contribution in [2.24, 2.45) is 17.8 Å². The van der Waals surface area contributed by atoms with Crippen LogP contribution in [0, 0.1) is 17.8 Å². The fourth-order valence-electron chi connectivity index (χ4n) is 3.82. The van der Waals surface area contributed by atoms with E-state index in [1.165, 1.54) is 51.4 Å². The summed E-state index contributed by atoms with van der Waals surface area (Å²) in [6.45, 7) is 0. The molecule has 3 aliphatic carbocycles. The maximum atomic E-state index is 2.49. The van der Waals surface area contributed by atoms with E-state index in [4.69, 9.17) is 0 Å². The summed E-state index contributed by atoms with van der Waals surface area (Å²) < 4.78 is 0. The number of rotatable bonds is 5. The molecular formula is C17H24. The molecule has 1 saturated carbocycles. The predicted molar refractivity (Wildman–Crippen MR) is 73.8 cm³/mol. The van der Waals surface area contributed by atoms with Gasteiger partial charge in [-0.3, -0.25) is 0 Å². The molecule has 17 heavy (non-hydrogen) atoms. The fourth-order valence-corrected chi connectivity index (χ4v) is 3.82. The first kappa shape index (κ1) is 11.3. The molecule has 0 spiro atoms. The first-order valence-electron chi connectivity index (χ1n) is 7.46. The Balaban J connectivity index is 1.34. The first-order chi connectivity index (χ1) is 8.42. The molecule has 0 amide bonds. The van der Waals surface area contributed by atoms with Crippen LogP contribution in [-0.2, 0) is 0 Å². The van der Waals surface area contributed by atoms with Gasteiger partial charge in [-0.15, -0.1) is 0 Å². The molecule has 92 valence electrons. The lowest BCUT2D eigenvalue weighted by molar-refractivity contribution is 0.398. The van der Waals surface area contributed by atoms with Crippen LogP contribution in [0.15, 0.2) is 36.0 Å². The molecule has 0 nitrogen and oxygen atoms in total. The highest BCUT2D eigenvalue weighted by Crippen LogP contribution is 2.45. The zero-order valence-corrected chi connectivity index (χ0v) is 10.8. The van der Waals surface area contributed by atoms with Crippen molar-refractivity contribution >= 4 is 0 Å². The molecule has 0 aromatic heterocycles. The number of unbranched alkanes of at least 4 members (excludes halogenated alkanes) is 1. The van der Waals surface area contributed by atoms with Gasteiger partial charge in [-0.05, 0) is 62.7 Å². The Kier molecular flexibility index (Phi) is 3.49. The molecule has 3 unspecified atom stereocenters. The molecule has 0 heterocycles. The molecule has 3 aliphatic rings. The minimum Gasteiger partial charge on any atom is -0.0851 e. The van der Waals surface area contributed by atoms with Gasteiger partial charge in [0.25, 0.3) is 0 Å². The molecule has 0 heteroatoms. The van der Waals surface area contributed by atoms with E-state index in [0.717, 1.165) is 17.8 Å². The van der Waals surface area contributed by atoms with Crippen molar-refractivity contribution in [1.29, 1.82) is 0 Å². The van der Waals surface area contributed by atoms with E-state index in [1.54, 1.807) is 5.57 Å². The lowest BCUT2D eigenvalue weighted by Crippen LogP contribution is -2.06. The number of hydrogen-bond acceptors (Lipinski definition) is 0. The lowest BCUT2D eigenvalue weighted by atomic mass is 9.88. The Morgan fingerprint density at radius 2 is 2.06 bits per heavy atom. The molecule has 0 aliphatic heterocycles.